The van der Waals surface area contributed by atoms with E-state index in [9.17, 15) is 0 Å². The second-order valence-electron chi connectivity index (χ2n) is 4.54. The quantitative estimate of drug-likeness (QED) is 0.944. The number of aromatic nitrogens is 3. The molecule has 4 nitrogen and oxygen atoms in total. The molecular formula is C13H15ClN4S. The molecule has 1 aliphatic heterocycles. The van der Waals surface area contributed by atoms with E-state index >= 15 is 0 Å². The summed E-state index contributed by atoms with van der Waals surface area (Å²) in [6.07, 6.45) is 7.98. The Morgan fingerprint density at radius 3 is 3.21 bits per heavy atom. The molecule has 0 spiro atoms. The van der Waals surface area contributed by atoms with E-state index in [0.717, 1.165) is 11.4 Å². The fourth-order valence-corrected chi connectivity index (χ4v) is 3.43. The summed E-state index contributed by atoms with van der Waals surface area (Å²) in [7, 11) is 0. The fourth-order valence-electron chi connectivity index (χ4n) is 2.15. The molecule has 3 heterocycles. The first-order valence-corrected chi connectivity index (χ1v) is 7.86. The van der Waals surface area contributed by atoms with Gasteiger partial charge in [-0.2, -0.15) is 16.9 Å². The highest BCUT2D eigenvalue weighted by Gasteiger charge is 2.14. The summed E-state index contributed by atoms with van der Waals surface area (Å²) in [5.41, 5.74) is 1.02. The van der Waals surface area contributed by atoms with Gasteiger partial charge in [-0.1, -0.05) is 11.6 Å². The van der Waals surface area contributed by atoms with E-state index in [4.69, 9.17) is 11.6 Å². The summed E-state index contributed by atoms with van der Waals surface area (Å²) in [6, 6.07) is 4.17. The van der Waals surface area contributed by atoms with Gasteiger partial charge in [0.2, 0.25) is 0 Å². The Morgan fingerprint density at radius 1 is 1.47 bits per heavy atom. The number of rotatable bonds is 3. The number of thioether (sulfide) groups is 1. The minimum Gasteiger partial charge on any atom is -0.379 e. The maximum absolute atomic E-state index is 6.11. The maximum atomic E-state index is 6.11. The van der Waals surface area contributed by atoms with Crippen LogP contribution in [0.5, 0.6) is 0 Å². The summed E-state index contributed by atoms with van der Waals surface area (Å²) in [4.78, 5) is 4.25. The first kappa shape index (κ1) is 12.8. The van der Waals surface area contributed by atoms with E-state index in [1.165, 1.54) is 18.6 Å². The van der Waals surface area contributed by atoms with Crippen molar-refractivity contribution in [2.24, 2.45) is 0 Å². The van der Waals surface area contributed by atoms with Crippen LogP contribution >= 0.6 is 23.4 Å². The van der Waals surface area contributed by atoms with Crippen LogP contribution in [0.4, 0.5) is 5.69 Å². The van der Waals surface area contributed by atoms with Gasteiger partial charge < -0.3 is 5.32 Å². The second kappa shape index (κ2) is 5.84. The van der Waals surface area contributed by atoms with Gasteiger partial charge in [0.25, 0.3) is 0 Å². The van der Waals surface area contributed by atoms with E-state index in [-0.39, 0.29) is 0 Å². The largest absolute Gasteiger partial charge is 0.379 e. The molecule has 0 amide bonds. The SMILES string of the molecule is Clc1cccnc1-n1cc(N[C@@H]2CCCSC2)cn1. The van der Waals surface area contributed by atoms with Gasteiger partial charge in [-0.15, -0.1) is 0 Å². The molecule has 19 heavy (non-hydrogen) atoms. The number of halogens is 1. The zero-order valence-electron chi connectivity index (χ0n) is 10.4. The molecule has 0 radical (unpaired) electrons. The van der Waals surface area contributed by atoms with Crippen molar-refractivity contribution in [1.29, 1.82) is 0 Å². The average Bonchev–Trinajstić information content (AvgIpc) is 2.89. The minimum atomic E-state index is 0.538. The van der Waals surface area contributed by atoms with Crippen LogP contribution in [-0.2, 0) is 0 Å². The van der Waals surface area contributed by atoms with Gasteiger partial charge in [0.05, 0.1) is 23.1 Å². The van der Waals surface area contributed by atoms with E-state index in [2.05, 4.69) is 15.4 Å². The Hall–Kier alpha value is -1.20. The molecule has 100 valence electrons. The highest BCUT2D eigenvalue weighted by molar-refractivity contribution is 7.99. The molecule has 1 fully saturated rings. The Morgan fingerprint density at radius 2 is 2.42 bits per heavy atom. The number of nitrogens with one attached hydrogen (secondary N) is 1. The number of pyridine rings is 1. The topological polar surface area (TPSA) is 42.7 Å². The summed E-state index contributed by atoms with van der Waals surface area (Å²) in [5.74, 6) is 3.10. The van der Waals surface area contributed by atoms with Crippen molar-refractivity contribution in [3.63, 3.8) is 0 Å². The Labute approximate surface area is 121 Å². The normalized spacial score (nSPS) is 19.3. The van der Waals surface area contributed by atoms with Crippen LogP contribution in [0, 0.1) is 0 Å². The van der Waals surface area contributed by atoms with E-state index < -0.39 is 0 Å². The van der Waals surface area contributed by atoms with Gasteiger partial charge in [-0.05, 0) is 30.7 Å². The summed E-state index contributed by atoms with van der Waals surface area (Å²) < 4.78 is 1.71. The van der Waals surface area contributed by atoms with Gasteiger partial charge in [0.15, 0.2) is 5.82 Å². The van der Waals surface area contributed by atoms with E-state index in [1.807, 2.05) is 36.3 Å². The third-order valence-corrected chi connectivity index (χ3v) is 4.58. The van der Waals surface area contributed by atoms with Crippen LogP contribution in [0.3, 0.4) is 0 Å². The number of hydrogen-bond acceptors (Lipinski definition) is 4. The van der Waals surface area contributed by atoms with Gasteiger partial charge in [-0.3, -0.25) is 0 Å². The molecule has 0 unspecified atom stereocenters. The lowest BCUT2D eigenvalue weighted by molar-refractivity contribution is 0.685. The van der Waals surface area contributed by atoms with Crippen LogP contribution in [0.25, 0.3) is 5.82 Å². The monoisotopic (exact) mass is 294 g/mol. The van der Waals surface area contributed by atoms with Crippen molar-refractivity contribution in [2.45, 2.75) is 18.9 Å². The predicted octanol–water partition coefficient (Wildman–Crippen LogP) is 3.23. The Balaban J connectivity index is 1.74. The third-order valence-electron chi connectivity index (χ3n) is 3.07. The molecule has 3 rings (SSSR count). The third kappa shape index (κ3) is 3.04. The number of hydrogen-bond donors (Lipinski definition) is 1. The standard InChI is InChI=1S/C13H15ClN4S/c14-12-4-1-5-15-13(12)18-8-11(7-16-18)17-10-3-2-6-19-9-10/h1,4-5,7-8,10,17H,2-3,6,9H2/t10-/m1/s1. The summed E-state index contributed by atoms with van der Waals surface area (Å²) in [6.45, 7) is 0. The van der Waals surface area contributed by atoms with Crippen LogP contribution in [-0.4, -0.2) is 32.3 Å². The molecule has 0 saturated carbocycles. The van der Waals surface area contributed by atoms with Gasteiger partial charge in [-0.25, -0.2) is 9.67 Å². The number of nitrogens with zero attached hydrogens (tertiary/aromatic N) is 3. The maximum Gasteiger partial charge on any atom is 0.172 e. The highest BCUT2D eigenvalue weighted by atomic mass is 35.5. The fraction of sp³-hybridized carbons (Fsp3) is 0.385. The molecule has 1 atom stereocenters. The first-order chi connectivity index (χ1) is 9.33. The molecule has 6 heteroatoms. The van der Waals surface area contributed by atoms with Crippen LogP contribution < -0.4 is 5.32 Å². The molecule has 0 aliphatic carbocycles. The lowest BCUT2D eigenvalue weighted by Crippen LogP contribution is -2.25. The van der Waals surface area contributed by atoms with Crippen molar-refractivity contribution < 1.29 is 0 Å². The van der Waals surface area contributed by atoms with Crippen molar-refractivity contribution in [2.75, 3.05) is 16.8 Å². The van der Waals surface area contributed by atoms with Crippen molar-refractivity contribution in [3.05, 3.63) is 35.7 Å². The molecule has 0 aromatic carbocycles. The smallest absolute Gasteiger partial charge is 0.172 e. The molecule has 1 aliphatic rings. The Kier molecular flexibility index (Phi) is 3.94. The van der Waals surface area contributed by atoms with E-state index in [1.54, 1.807) is 10.9 Å². The first-order valence-electron chi connectivity index (χ1n) is 6.33. The molecule has 1 N–H and O–H groups in total. The second-order valence-corrected chi connectivity index (χ2v) is 6.10. The highest BCUT2D eigenvalue weighted by Crippen LogP contribution is 2.22. The molecule has 2 aromatic rings. The van der Waals surface area contributed by atoms with Gasteiger partial charge in [0, 0.05) is 18.0 Å². The summed E-state index contributed by atoms with van der Waals surface area (Å²) >= 11 is 8.12. The van der Waals surface area contributed by atoms with Crippen molar-refractivity contribution in [1.82, 2.24) is 14.8 Å². The lowest BCUT2D eigenvalue weighted by atomic mass is 10.2. The zero-order chi connectivity index (χ0) is 13.1. The molecule has 1 saturated heterocycles. The van der Waals surface area contributed by atoms with Crippen molar-refractivity contribution >= 4 is 29.1 Å². The predicted molar refractivity (Wildman–Crippen MR) is 80.3 cm³/mol. The molecule has 2 aromatic heterocycles. The van der Waals surface area contributed by atoms with Crippen molar-refractivity contribution in [3.8, 4) is 5.82 Å². The van der Waals surface area contributed by atoms with Gasteiger partial charge >= 0.3 is 0 Å². The molecular weight excluding hydrogens is 280 g/mol. The Bertz CT molecular complexity index is 551. The van der Waals surface area contributed by atoms with E-state index in [0.29, 0.717) is 16.9 Å². The van der Waals surface area contributed by atoms with Crippen LogP contribution in [0.1, 0.15) is 12.8 Å². The number of anilines is 1. The minimum absolute atomic E-state index is 0.538. The average molecular weight is 295 g/mol. The zero-order valence-corrected chi connectivity index (χ0v) is 12.0. The lowest BCUT2D eigenvalue weighted by Gasteiger charge is -2.22. The van der Waals surface area contributed by atoms with Crippen LogP contribution in [0.2, 0.25) is 5.02 Å². The molecule has 0 bridgehead atoms. The van der Waals surface area contributed by atoms with Gasteiger partial charge in [0.1, 0.15) is 0 Å². The summed E-state index contributed by atoms with van der Waals surface area (Å²) in [5, 5.41) is 8.43. The van der Waals surface area contributed by atoms with Crippen LogP contribution in [0.15, 0.2) is 30.7 Å².